The van der Waals surface area contributed by atoms with E-state index in [2.05, 4.69) is 20.4 Å². The van der Waals surface area contributed by atoms with Gasteiger partial charge in [-0.15, -0.1) is 5.10 Å². The number of aromatic nitrogens is 4. The van der Waals surface area contributed by atoms with Gasteiger partial charge in [-0.3, -0.25) is 4.79 Å². The van der Waals surface area contributed by atoms with Crippen LogP contribution >= 0.6 is 11.6 Å². The highest BCUT2D eigenvalue weighted by Gasteiger charge is 2.17. The van der Waals surface area contributed by atoms with E-state index in [1.807, 2.05) is 26.0 Å². The number of nitrogens with one attached hydrogen (secondary N) is 1. The molecule has 7 heteroatoms. The van der Waals surface area contributed by atoms with E-state index < -0.39 is 0 Å². The van der Waals surface area contributed by atoms with Gasteiger partial charge in [0.1, 0.15) is 0 Å². The second-order valence-electron chi connectivity index (χ2n) is 4.98. The van der Waals surface area contributed by atoms with Crippen molar-refractivity contribution in [3.8, 4) is 0 Å². The van der Waals surface area contributed by atoms with Crippen molar-refractivity contribution in [3.05, 3.63) is 58.6 Å². The topological polar surface area (TPSA) is 72.2 Å². The van der Waals surface area contributed by atoms with Crippen LogP contribution in [-0.2, 0) is 0 Å². The highest BCUT2D eigenvalue weighted by Crippen LogP contribution is 2.16. The van der Waals surface area contributed by atoms with Crippen LogP contribution in [0.5, 0.6) is 0 Å². The molecule has 6 nitrogen and oxygen atoms in total. The number of carbonyl (C=O) groups excluding carboxylic acids is 1. The molecule has 22 heavy (non-hydrogen) atoms. The van der Waals surface area contributed by atoms with Crippen molar-refractivity contribution in [1.82, 2.24) is 24.9 Å². The first-order valence-corrected chi connectivity index (χ1v) is 7.17. The lowest BCUT2D eigenvalue weighted by Crippen LogP contribution is -2.27. The Morgan fingerprint density at radius 1 is 1.27 bits per heavy atom. The quantitative estimate of drug-likeness (QED) is 0.806. The average Bonchev–Trinajstić information content (AvgIpc) is 2.93. The molecule has 0 unspecified atom stereocenters. The van der Waals surface area contributed by atoms with Crippen LogP contribution < -0.4 is 5.32 Å². The van der Waals surface area contributed by atoms with E-state index in [1.165, 1.54) is 0 Å². The van der Waals surface area contributed by atoms with Gasteiger partial charge < -0.3 is 5.32 Å². The van der Waals surface area contributed by atoms with Crippen LogP contribution in [0.4, 0.5) is 0 Å². The Balaban J connectivity index is 1.80. The zero-order chi connectivity index (χ0) is 15.7. The molecule has 0 fully saturated rings. The number of fused-ring (bicyclic) bond motifs is 1. The Morgan fingerprint density at radius 2 is 2.00 bits per heavy atom. The largest absolute Gasteiger partial charge is 0.343 e. The number of hydrogen-bond acceptors (Lipinski definition) is 4. The van der Waals surface area contributed by atoms with Gasteiger partial charge >= 0.3 is 0 Å². The summed E-state index contributed by atoms with van der Waals surface area (Å²) < 4.78 is 1.54. The van der Waals surface area contributed by atoms with Crippen molar-refractivity contribution in [1.29, 1.82) is 0 Å². The number of aryl methyl sites for hydroxylation is 1. The molecule has 2 aromatic heterocycles. The fraction of sp³-hybridized carbons (Fsp3) is 0.200. The third-order valence-corrected chi connectivity index (χ3v) is 3.60. The maximum Gasteiger partial charge on any atom is 0.291 e. The molecule has 0 spiro atoms. The monoisotopic (exact) mass is 315 g/mol. The minimum atomic E-state index is -0.340. The molecule has 0 aliphatic heterocycles. The van der Waals surface area contributed by atoms with Crippen LogP contribution in [-0.4, -0.2) is 25.5 Å². The van der Waals surface area contributed by atoms with Crippen LogP contribution in [0.3, 0.4) is 0 Å². The SMILES string of the molecule is Cc1ccnc2nc(C(=O)N[C@@H](C)c3ccc(Cl)cc3)nn12. The predicted octanol–water partition coefficient (Wildman–Crippen LogP) is 2.58. The molecule has 3 aromatic rings. The zero-order valence-corrected chi connectivity index (χ0v) is 12.9. The summed E-state index contributed by atoms with van der Waals surface area (Å²) in [6.45, 7) is 3.77. The van der Waals surface area contributed by atoms with Gasteiger partial charge in [-0.1, -0.05) is 23.7 Å². The summed E-state index contributed by atoms with van der Waals surface area (Å²) in [5.41, 5.74) is 1.82. The van der Waals surface area contributed by atoms with Crippen LogP contribution in [0, 0.1) is 6.92 Å². The third kappa shape index (κ3) is 2.78. The average molecular weight is 316 g/mol. The summed E-state index contributed by atoms with van der Waals surface area (Å²) in [5.74, 6) is 0.166. The molecule has 0 saturated heterocycles. The van der Waals surface area contributed by atoms with Crippen LogP contribution in [0.1, 0.15) is 34.8 Å². The number of halogens is 1. The van der Waals surface area contributed by atoms with Gasteiger partial charge in [0.2, 0.25) is 5.82 Å². The predicted molar refractivity (Wildman–Crippen MR) is 82.9 cm³/mol. The molecular weight excluding hydrogens is 302 g/mol. The van der Waals surface area contributed by atoms with Gasteiger partial charge in [-0.05, 0) is 37.6 Å². The standard InChI is InChI=1S/C15H14ClN5O/c1-9-7-8-17-15-19-13(20-21(9)15)14(22)18-10(2)11-3-5-12(16)6-4-11/h3-8,10H,1-2H3,(H,18,22)/t10-/m0/s1. The minimum Gasteiger partial charge on any atom is -0.343 e. The molecule has 0 saturated carbocycles. The number of rotatable bonds is 3. The molecule has 1 atom stereocenters. The Kier molecular flexibility index (Phi) is 3.77. The molecule has 0 aliphatic carbocycles. The Labute approximate surface area is 132 Å². The summed E-state index contributed by atoms with van der Waals surface area (Å²) in [6, 6.07) is 8.95. The summed E-state index contributed by atoms with van der Waals surface area (Å²) in [4.78, 5) is 20.5. The first-order valence-electron chi connectivity index (χ1n) is 6.79. The second kappa shape index (κ2) is 5.73. The third-order valence-electron chi connectivity index (χ3n) is 3.35. The molecule has 1 aromatic carbocycles. The van der Waals surface area contributed by atoms with Gasteiger partial charge in [0.25, 0.3) is 11.7 Å². The van der Waals surface area contributed by atoms with Gasteiger partial charge in [-0.2, -0.15) is 4.98 Å². The lowest BCUT2D eigenvalue weighted by molar-refractivity contribution is 0.0929. The fourth-order valence-corrected chi connectivity index (χ4v) is 2.22. The maximum atomic E-state index is 12.3. The van der Waals surface area contributed by atoms with Crippen molar-refractivity contribution >= 4 is 23.3 Å². The van der Waals surface area contributed by atoms with E-state index in [9.17, 15) is 4.79 Å². The Morgan fingerprint density at radius 3 is 2.68 bits per heavy atom. The van der Waals surface area contributed by atoms with Crippen molar-refractivity contribution in [2.24, 2.45) is 0 Å². The Hall–Kier alpha value is -2.47. The van der Waals surface area contributed by atoms with E-state index in [0.717, 1.165) is 11.3 Å². The molecule has 1 N–H and O–H groups in total. The van der Waals surface area contributed by atoms with Gasteiger partial charge in [0.05, 0.1) is 6.04 Å². The van der Waals surface area contributed by atoms with Gasteiger partial charge in [-0.25, -0.2) is 9.50 Å². The van der Waals surface area contributed by atoms with Gasteiger partial charge in [0.15, 0.2) is 0 Å². The van der Waals surface area contributed by atoms with Crippen molar-refractivity contribution < 1.29 is 4.79 Å². The highest BCUT2D eigenvalue weighted by molar-refractivity contribution is 6.30. The van der Waals surface area contributed by atoms with Crippen molar-refractivity contribution in [3.63, 3.8) is 0 Å². The molecule has 2 heterocycles. The molecule has 0 radical (unpaired) electrons. The number of carbonyl (C=O) groups is 1. The number of nitrogens with zero attached hydrogens (tertiary/aromatic N) is 4. The molecule has 0 bridgehead atoms. The fourth-order valence-electron chi connectivity index (χ4n) is 2.10. The summed E-state index contributed by atoms with van der Waals surface area (Å²) in [7, 11) is 0. The summed E-state index contributed by atoms with van der Waals surface area (Å²) >= 11 is 5.86. The molecular formula is C15H14ClN5O. The van der Waals surface area contributed by atoms with Crippen LogP contribution in [0.25, 0.3) is 5.78 Å². The molecule has 0 aliphatic rings. The normalized spacial score (nSPS) is 12.3. The first-order chi connectivity index (χ1) is 10.5. The minimum absolute atomic E-state index is 0.0996. The second-order valence-corrected chi connectivity index (χ2v) is 5.42. The summed E-state index contributed by atoms with van der Waals surface area (Å²) in [5, 5.41) is 7.71. The Bertz CT molecular complexity index is 828. The van der Waals surface area contributed by atoms with E-state index in [1.54, 1.807) is 28.9 Å². The van der Waals surface area contributed by atoms with E-state index in [-0.39, 0.29) is 17.8 Å². The molecule has 112 valence electrons. The first kappa shape index (κ1) is 14.5. The van der Waals surface area contributed by atoms with Crippen molar-refractivity contribution in [2.45, 2.75) is 19.9 Å². The maximum absolute atomic E-state index is 12.3. The van der Waals surface area contributed by atoms with Crippen LogP contribution in [0.2, 0.25) is 5.02 Å². The van der Waals surface area contributed by atoms with Crippen molar-refractivity contribution in [2.75, 3.05) is 0 Å². The lowest BCUT2D eigenvalue weighted by atomic mass is 10.1. The highest BCUT2D eigenvalue weighted by atomic mass is 35.5. The smallest absolute Gasteiger partial charge is 0.291 e. The molecule has 1 amide bonds. The van der Waals surface area contributed by atoms with E-state index in [0.29, 0.717) is 10.8 Å². The lowest BCUT2D eigenvalue weighted by Gasteiger charge is -2.12. The number of amides is 1. The number of hydrogen-bond donors (Lipinski definition) is 1. The summed E-state index contributed by atoms with van der Waals surface area (Å²) in [6.07, 6.45) is 1.64. The zero-order valence-electron chi connectivity index (χ0n) is 12.1. The van der Waals surface area contributed by atoms with Crippen LogP contribution in [0.15, 0.2) is 36.5 Å². The van der Waals surface area contributed by atoms with E-state index >= 15 is 0 Å². The molecule has 3 rings (SSSR count). The number of benzene rings is 1. The van der Waals surface area contributed by atoms with E-state index in [4.69, 9.17) is 11.6 Å². The van der Waals surface area contributed by atoms with Gasteiger partial charge in [0, 0.05) is 16.9 Å².